The fourth-order valence-electron chi connectivity index (χ4n) is 2.91. The van der Waals surface area contributed by atoms with Crippen molar-refractivity contribution in [1.29, 1.82) is 0 Å². The number of benzene rings is 3. The molecule has 162 valence electrons. The van der Waals surface area contributed by atoms with E-state index in [2.05, 4.69) is 5.32 Å². The van der Waals surface area contributed by atoms with Crippen LogP contribution >= 0.6 is 0 Å². The maximum absolute atomic E-state index is 13.1. The van der Waals surface area contributed by atoms with Gasteiger partial charge in [0.05, 0.1) is 5.57 Å². The number of carbonyl (C=O) groups is 3. The zero-order valence-electron chi connectivity index (χ0n) is 16.9. The Morgan fingerprint density at radius 1 is 0.812 bits per heavy atom. The number of rotatable bonds is 6. The van der Waals surface area contributed by atoms with Gasteiger partial charge in [0.2, 0.25) is 0 Å². The first-order chi connectivity index (χ1) is 15.1. The summed E-state index contributed by atoms with van der Waals surface area (Å²) in [5.41, 5.74) is 0.798. The van der Waals surface area contributed by atoms with Crippen LogP contribution in [0, 0.1) is 6.92 Å². The molecule has 0 saturated heterocycles. The molecule has 4 nitrogen and oxygen atoms in total. The van der Waals surface area contributed by atoms with Gasteiger partial charge in [-0.25, -0.2) is 0 Å². The van der Waals surface area contributed by atoms with Crippen LogP contribution in [0.2, 0.25) is 0 Å². The first-order valence-corrected chi connectivity index (χ1v) is 9.56. The highest BCUT2D eigenvalue weighted by Crippen LogP contribution is 2.25. The summed E-state index contributed by atoms with van der Waals surface area (Å²) in [5, 5.41) is 2.65. The van der Waals surface area contributed by atoms with Crippen LogP contribution in [0.15, 0.2) is 84.4 Å². The Balaban J connectivity index is 1.93. The molecular formula is C25H18F3NO3. The number of halogens is 3. The Hall–Kier alpha value is -4.00. The third-order valence-corrected chi connectivity index (χ3v) is 4.55. The van der Waals surface area contributed by atoms with E-state index < -0.39 is 29.2 Å². The molecule has 0 atom stereocenters. The largest absolute Gasteiger partial charge is 0.455 e. The number of carbonyl (C=O) groups excluding carboxylic acids is 3. The lowest BCUT2D eigenvalue weighted by atomic mass is 9.97. The fraction of sp³-hybridized carbons (Fsp3) is 0.0800. The second-order valence-corrected chi connectivity index (χ2v) is 7.03. The highest BCUT2D eigenvalue weighted by atomic mass is 19.4. The Kier molecular flexibility index (Phi) is 6.68. The molecule has 3 aromatic rings. The fourth-order valence-corrected chi connectivity index (χ4v) is 2.91. The van der Waals surface area contributed by atoms with E-state index in [1.165, 1.54) is 42.5 Å². The van der Waals surface area contributed by atoms with E-state index >= 15 is 0 Å². The minimum Gasteiger partial charge on any atom is -0.322 e. The van der Waals surface area contributed by atoms with Gasteiger partial charge in [0, 0.05) is 16.8 Å². The van der Waals surface area contributed by atoms with Gasteiger partial charge in [-0.15, -0.1) is 0 Å². The summed E-state index contributed by atoms with van der Waals surface area (Å²) in [6.07, 6.45) is -4.33. The van der Waals surface area contributed by atoms with Crippen molar-refractivity contribution in [2.24, 2.45) is 0 Å². The molecule has 7 heteroatoms. The molecule has 0 aliphatic carbocycles. The summed E-state index contributed by atoms with van der Waals surface area (Å²) in [6, 6.07) is 20.0. The van der Waals surface area contributed by atoms with Gasteiger partial charge in [-0.2, -0.15) is 13.2 Å². The summed E-state index contributed by atoms with van der Waals surface area (Å²) >= 11 is 0. The van der Waals surface area contributed by atoms with Gasteiger partial charge in [0.1, 0.15) is 0 Å². The number of nitrogens with one attached hydrogen (secondary N) is 1. The lowest BCUT2D eigenvalue weighted by molar-refractivity contribution is -0.166. The van der Waals surface area contributed by atoms with E-state index in [-0.39, 0.29) is 11.1 Å². The minimum absolute atomic E-state index is 0.0415. The summed E-state index contributed by atoms with van der Waals surface area (Å²) in [4.78, 5) is 37.0. The molecule has 0 spiro atoms. The second-order valence-electron chi connectivity index (χ2n) is 7.03. The Morgan fingerprint density at radius 3 is 2.09 bits per heavy atom. The van der Waals surface area contributed by atoms with Crippen LogP contribution in [0.3, 0.4) is 0 Å². The lowest BCUT2D eigenvalue weighted by Crippen LogP contribution is -2.28. The molecule has 0 bridgehead atoms. The summed E-state index contributed by atoms with van der Waals surface area (Å²) < 4.78 is 39.4. The normalized spacial score (nSPS) is 11.7. The summed E-state index contributed by atoms with van der Waals surface area (Å²) in [6.45, 7) is 1.88. The molecule has 3 rings (SSSR count). The monoisotopic (exact) mass is 437 g/mol. The van der Waals surface area contributed by atoms with Gasteiger partial charge in [0.25, 0.3) is 11.7 Å². The van der Waals surface area contributed by atoms with Crippen LogP contribution in [0.25, 0.3) is 6.08 Å². The first kappa shape index (κ1) is 22.7. The van der Waals surface area contributed by atoms with Crippen LogP contribution in [0.5, 0.6) is 0 Å². The van der Waals surface area contributed by atoms with Crippen LogP contribution in [-0.2, 0) is 4.79 Å². The van der Waals surface area contributed by atoms with E-state index in [1.54, 1.807) is 36.4 Å². The Bertz CT molecular complexity index is 1180. The average Bonchev–Trinajstić information content (AvgIpc) is 2.77. The van der Waals surface area contributed by atoms with Gasteiger partial charge in [-0.05, 0) is 42.8 Å². The molecule has 1 N–H and O–H groups in total. The number of aryl methyl sites for hydroxylation is 1. The molecular weight excluding hydrogens is 419 g/mol. The van der Waals surface area contributed by atoms with Gasteiger partial charge in [-0.1, -0.05) is 60.2 Å². The van der Waals surface area contributed by atoms with E-state index in [4.69, 9.17) is 0 Å². The van der Waals surface area contributed by atoms with E-state index in [1.807, 2.05) is 6.92 Å². The molecule has 0 aromatic heterocycles. The van der Waals surface area contributed by atoms with E-state index in [9.17, 15) is 27.6 Å². The molecule has 0 aliphatic heterocycles. The Morgan fingerprint density at radius 2 is 1.47 bits per heavy atom. The maximum atomic E-state index is 13.1. The molecule has 0 fully saturated rings. The van der Waals surface area contributed by atoms with E-state index in [0.717, 1.165) is 11.6 Å². The van der Waals surface area contributed by atoms with E-state index in [0.29, 0.717) is 11.3 Å². The second kappa shape index (κ2) is 9.43. The molecule has 3 aromatic carbocycles. The number of hydrogen-bond acceptors (Lipinski definition) is 3. The van der Waals surface area contributed by atoms with Crippen molar-refractivity contribution < 1.29 is 27.6 Å². The molecule has 0 saturated carbocycles. The predicted octanol–water partition coefficient (Wildman–Crippen LogP) is 5.65. The van der Waals surface area contributed by atoms with Crippen molar-refractivity contribution >= 4 is 29.2 Å². The minimum atomic E-state index is -5.21. The average molecular weight is 437 g/mol. The summed E-state index contributed by atoms with van der Waals surface area (Å²) in [7, 11) is 0. The molecule has 32 heavy (non-hydrogen) atoms. The number of amides is 1. The first-order valence-electron chi connectivity index (χ1n) is 9.56. The number of anilines is 1. The van der Waals surface area contributed by atoms with Crippen molar-refractivity contribution in [3.05, 3.63) is 107 Å². The summed E-state index contributed by atoms with van der Waals surface area (Å²) in [5.74, 6) is -3.68. The molecule has 0 radical (unpaired) electrons. The SMILES string of the molecule is Cc1ccc(C(=O)Nc2cccc(/C=C(\C(=O)c3ccccc3)C(=O)C(F)(F)F)c2)cc1. The number of alkyl halides is 3. The third kappa shape index (κ3) is 5.57. The van der Waals surface area contributed by atoms with Gasteiger partial charge in [-0.3, -0.25) is 14.4 Å². The van der Waals surface area contributed by atoms with Crippen molar-refractivity contribution in [3.8, 4) is 0 Å². The van der Waals surface area contributed by atoms with Crippen molar-refractivity contribution in [1.82, 2.24) is 0 Å². The number of Topliss-reactive ketones (excluding diaryl/α,β-unsaturated/α-hetero) is 2. The highest BCUT2D eigenvalue weighted by molar-refractivity contribution is 6.30. The number of ketones is 2. The molecule has 0 unspecified atom stereocenters. The lowest BCUT2D eigenvalue weighted by Gasteiger charge is -2.10. The molecule has 0 aliphatic rings. The van der Waals surface area contributed by atoms with Crippen molar-refractivity contribution in [3.63, 3.8) is 0 Å². The molecule has 0 heterocycles. The standard InChI is InChI=1S/C25H18F3NO3/c1-16-10-12-19(13-11-16)24(32)29-20-9-5-6-17(14-20)15-21(23(31)25(26,27)28)22(30)18-7-3-2-4-8-18/h2-15H,1H3,(H,29,32)/b21-15+. The topological polar surface area (TPSA) is 63.2 Å². The van der Waals surface area contributed by atoms with Crippen molar-refractivity contribution in [2.75, 3.05) is 5.32 Å². The third-order valence-electron chi connectivity index (χ3n) is 4.55. The predicted molar refractivity (Wildman–Crippen MR) is 115 cm³/mol. The van der Waals surface area contributed by atoms with Crippen LogP contribution < -0.4 is 5.32 Å². The van der Waals surface area contributed by atoms with Crippen LogP contribution in [0.1, 0.15) is 31.8 Å². The Labute approximate surface area is 182 Å². The smallest absolute Gasteiger partial charge is 0.322 e. The number of hydrogen-bond donors (Lipinski definition) is 1. The van der Waals surface area contributed by atoms with Crippen molar-refractivity contribution in [2.45, 2.75) is 13.1 Å². The quantitative estimate of drug-likeness (QED) is 0.235. The van der Waals surface area contributed by atoms with Crippen LogP contribution in [0.4, 0.5) is 18.9 Å². The van der Waals surface area contributed by atoms with Gasteiger partial charge in [0.15, 0.2) is 5.78 Å². The molecule has 1 amide bonds. The number of allylic oxidation sites excluding steroid dienone is 1. The van der Waals surface area contributed by atoms with Crippen LogP contribution in [-0.4, -0.2) is 23.6 Å². The maximum Gasteiger partial charge on any atom is 0.455 e. The van der Waals surface area contributed by atoms with Gasteiger partial charge < -0.3 is 5.32 Å². The van der Waals surface area contributed by atoms with Gasteiger partial charge >= 0.3 is 6.18 Å². The zero-order chi connectivity index (χ0) is 23.3. The zero-order valence-corrected chi connectivity index (χ0v) is 16.9. The highest BCUT2D eigenvalue weighted by Gasteiger charge is 2.43.